The van der Waals surface area contributed by atoms with Crippen molar-refractivity contribution in [1.82, 2.24) is 0 Å². The summed E-state index contributed by atoms with van der Waals surface area (Å²) in [5, 5.41) is 52.8. The third kappa shape index (κ3) is 9.87. The summed E-state index contributed by atoms with van der Waals surface area (Å²) in [6.45, 7) is 2.30. The second kappa shape index (κ2) is 15.3. The molecule has 0 aromatic heterocycles. The van der Waals surface area contributed by atoms with E-state index < -0.39 is 96.8 Å². The number of aliphatic hydroxyl groups excluding tert-OH is 4. The van der Waals surface area contributed by atoms with Crippen molar-refractivity contribution in [2.24, 2.45) is 4.99 Å². The molecule has 2 aliphatic rings. The molecule has 10 atom stereocenters. The normalized spacial score (nSPS) is 37.0. The Kier molecular flexibility index (Phi) is 14.3. The van der Waals surface area contributed by atoms with Crippen molar-refractivity contribution in [2.45, 2.75) is 88.5 Å². The number of esters is 1. The van der Waals surface area contributed by atoms with Gasteiger partial charge in [-0.3, -0.25) is 14.3 Å². The number of carbonyl (C=O) groups is 1. The second-order valence-electron chi connectivity index (χ2n) is 8.14. The monoisotopic (exact) mass is 569 g/mol. The summed E-state index contributed by atoms with van der Waals surface area (Å²) >= 11 is 0. The van der Waals surface area contributed by atoms with Gasteiger partial charge in [0.2, 0.25) is 0 Å². The van der Waals surface area contributed by atoms with Crippen LogP contribution in [0.1, 0.15) is 27.2 Å². The molecule has 5 N–H and O–H groups in total. The van der Waals surface area contributed by atoms with Crippen molar-refractivity contribution < 1.29 is 101 Å². The minimum absolute atomic E-state index is 0. The zero-order valence-electron chi connectivity index (χ0n) is 20.8. The van der Waals surface area contributed by atoms with E-state index in [-0.39, 0.29) is 36.2 Å². The topological polar surface area (TPSA) is 243 Å². The van der Waals surface area contributed by atoms with E-state index in [1.807, 2.05) is 0 Å². The first-order valence-electron chi connectivity index (χ1n) is 11.0. The van der Waals surface area contributed by atoms with Crippen LogP contribution in [0.25, 0.3) is 0 Å². The summed E-state index contributed by atoms with van der Waals surface area (Å²) in [6, 6.07) is -1.53. The molecule has 0 aromatic carbocycles. The molecule has 0 radical (unpaired) electrons. The third-order valence-electron chi connectivity index (χ3n) is 5.26. The van der Waals surface area contributed by atoms with Crippen molar-refractivity contribution in [3.8, 4) is 0 Å². The van der Waals surface area contributed by atoms with Gasteiger partial charge in [0, 0.05) is 13.5 Å². The Balaban J connectivity index is 0.00000684. The van der Waals surface area contributed by atoms with Crippen LogP contribution in [0.2, 0.25) is 0 Å². The van der Waals surface area contributed by atoms with Gasteiger partial charge in [0.25, 0.3) is 0 Å². The van der Waals surface area contributed by atoms with E-state index >= 15 is 0 Å². The van der Waals surface area contributed by atoms with E-state index in [2.05, 4.69) is 9.18 Å². The largest absolute Gasteiger partial charge is 1.00 e. The maximum Gasteiger partial charge on any atom is 1.00 e. The third-order valence-corrected chi connectivity index (χ3v) is 5.69. The second-order valence-corrected chi connectivity index (χ2v) is 9.23. The number of aliphatic hydroxyl groups is 4. The van der Waals surface area contributed by atoms with Crippen LogP contribution in [0, 0.1) is 0 Å². The molecule has 2 saturated heterocycles. The predicted molar refractivity (Wildman–Crippen MR) is 113 cm³/mol. The Bertz CT molecular complexity index is 856. The van der Waals surface area contributed by atoms with Gasteiger partial charge in [-0.1, -0.05) is 6.92 Å². The maximum absolute atomic E-state index is 11.8. The Hall–Kier alpha value is -0.510. The van der Waals surface area contributed by atoms with Crippen molar-refractivity contribution >= 4 is 22.3 Å². The van der Waals surface area contributed by atoms with Crippen LogP contribution in [-0.4, -0.2) is 126 Å². The van der Waals surface area contributed by atoms with Gasteiger partial charge in [-0.05, 0) is 19.2 Å². The van der Waals surface area contributed by atoms with Gasteiger partial charge < -0.3 is 49.2 Å². The zero-order valence-corrected chi connectivity index (χ0v) is 23.6. The Morgan fingerprint density at radius 3 is 2.16 bits per heavy atom. The first kappa shape index (κ1) is 34.5. The summed E-state index contributed by atoms with van der Waals surface area (Å²) in [7, 11) is -4.93. The molecule has 0 amide bonds. The van der Waals surface area contributed by atoms with E-state index in [4.69, 9.17) is 28.2 Å². The molecule has 2 fully saturated rings. The van der Waals surface area contributed by atoms with E-state index in [0.717, 1.165) is 13.8 Å². The molecule has 0 saturated carbocycles. The molecule has 2 rings (SSSR count). The molecule has 18 heteroatoms. The molecule has 0 spiro atoms. The fraction of sp³-hybridized carbons (Fsp3) is 0.895. The summed E-state index contributed by atoms with van der Waals surface area (Å²) in [5.74, 6) is -1.60. The quantitative estimate of drug-likeness (QED) is 0.0510. The molecule has 0 aromatic rings. The SMILES string of the molecule is CCCO[C@H]1O[C@H](COS(=O)(=O)O)[C@@H](O)[C@H](O[C@@H]2O[C@H](CO)[C@@H](O)[C@H](O)[C@H]2N=C(C)[O-])[C@H]1OC(C)=O.[Na+]. The fourth-order valence-electron chi connectivity index (χ4n) is 3.70. The van der Waals surface area contributed by atoms with Gasteiger partial charge in [0.15, 0.2) is 18.7 Å². The van der Waals surface area contributed by atoms with Crippen LogP contribution in [0.15, 0.2) is 4.99 Å². The Morgan fingerprint density at radius 2 is 1.65 bits per heavy atom. The van der Waals surface area contributed by atoms with Crippen molar-refractivity contribution in [2.75, 3.05) is 19.8 Å². The average Bonchev–Trinajstić information content (AvgIpc) is 2.78. The van der Waals surface area contributed by atoms with Gasteiger partial charge in [0.05, 0.1) is 13.2 Å². The van der Waals surface area contributed by atoms with Gasteiger partial charge in [-0.25, -0.2) is 4.18 Å². The van der Waals surface area contributed by atoms with E-state index in [1.165, 1.54) is 0 Å². The van der Waals surface area contributed by atoms with Gasteiger partial charge in [-0.2, -0.15) is 8.42 Å². The summed E-state index contributed by atoms with van der Waals surface area (Å²) in [6.07, 6.45) is -13.8. The standard InChI is InChI=1S/C19H33NO15S.Na/c1-4-5-30-19-17(32-9(3)23)16(14(25)11(34-19)7-31-36(27,28)29)35-18-12(20-8(2)22)15(26)13(24)10(6-21)33-18;/h10-19,21,24-26H,4-7H2,1-3H3,(H,20,22)(H,27,28,29);/q;+1/p-1/t10-,11-,12-,13-,14-,15-,16+,17-,18+,19+;/m1./s1. The van der Waals surface area contributed by atoms with Gasteiger partial charge in [0.1, 0.15) is 42.7 Å². The van der Waals surface area contributed by atoms with Crippen molar-refractivity contribution in [3.05, 3.63) is 0 Å². The number of nitrogens with zero attached hydrogens (tertiary/aromatic N) is 1. The van der Waals surface area contributed by atoms with Gasteiger partial charge in [-0.15, -0.1) is 0 Å². The first-order valence-corrected chi connectivity index (χ1v) is 12.4. The molecule has 16 nitrogen and oxygen atoms in total. The number of hydrogen-bond donors (Lipinski definition) is 5. The molecule has 0 bridgehead atoms. The molecule has 2 aliphatic heterocycles. The smallest absolute Gasteiger partial charge is 0.862 e. The van der Waals surface area contributed by atoms with Crippen LogP contribution < -0.4 is 34.7 Å². The summed E-state index contributed by atoms with van der Waals surface area (Å²) in [4.78, 5) is 15.5. The minimum atomic E-state index is -4.93. The molecular weight excluding hydrogens is 537 g/mol. The molecule has 0 unspecified atom stereocenters. The number of ether oxygens (including phenoxy) is 5. The Morgan fingerprint density at radius 1 is 1.03 bits per heavy atom. The zero-order chi connectivity index (χ0) is 27.2. The van der Waals surface area contributed by atoms with Crippen LogP contribution in [0.4, 0.5) is 0 Å². The maximum atomic E-state index is 11.8. The molecular formula is C19H32NNaO15S. The molecule has 210 valence electrons. The number of aliphatic imine (C=N–C) groups is 1. The van der Waals surface area contributed by atoms with Crippen LogP contribution in [-0.2, 0) is 43.1 Å². The Labute approximate surface area is 235 Å². The van der Waals surface area contributed by atoms with Crippen molar-refractivity contribution in [1.29, 1.82) is 0 Å². The van der Waals surface area contributed by atoms with Gasteiger partial charge >= 0.3 is 45.9 Å². The average molecular weight is 570 g/mol. The van der Waals surface area contributed by atoms with E-state index in [0.29, 0.717) is 6.42 Å². The predicted octanol–water partition coefficient (Wildman–Crippen LogP) is -6.77. The molecule has 37 heavy (non-hydrogen) atoms. The van der Waals surface area contributed by atoms with Crippen LogP contribution in [0.3, 0.4) is 0 Å². The van der Waals surface area contributed by atoms with Crippen molar-refractivity contribution in [3.63, 3.8) is 0 Å². The van der Waals surface area contributed by atoms with Crippen LogP contribution >= 0.6 is 0 Å². The molecule has 0 aliphatic carbocycles. The molecule has 2 heterocycles. The summed E-state index contributed by atoms with van der Waals surface area (Å²) in [5.41, 5.74) is 0. The fourth-order valence-corrected chi connectivity index (χ4v) is 4.01. The first-order chi connectivity index (χ1) is 16.8. The minimum Gasteiger partial charge on any atom is -0.862 e. The number of rotatable bonds is 11. The number of hydrogen-bond acceptors (Lipinski definition) is 15. The van der Waals surface area contributed by atoms with E-state index in [9.17, 15) is 38.7 Å². The van der Waals surface area contributed by atoms with Crippen LogP contribution in [0.5, 0.6) is 0 Å². The van der Waals surface area contributed by atoms with E-state index in [1.54, 1.807) is 6.92 Å². The summed E-state index contributed by atoms with van der Waals surface area (Å²) < 4.78 is 62.9. The number of carbonyl (C=O) groups excluding carboxylic acids is 1.